The van der Waals surface area contributed by atoms with E-state index in [2.05, 4.69) is 20.6 Å². The van der Waals surface area contributed by atoms with Gasteiger partial charge in [0.05, 0.1) is 11.5 Å². The summed E-state index contributed by atoms with van der Waals surface area (Å²) in [5.41, 5.74) is -0.0417. The molecule has 2 aromatic heterocycles. The Morgan fingerprint density at radius 2 is 2.20 bits per heavy atom. The largest absolute Gasteiger partial charge is 0.370 e. The van der Waals surface area contributed by atoms with Crippen LogP contribution in [-0.4, -0.2) is 21.4 Å². The second-order valence-electron chi connectivity index (χ2n) is 4.07. The molecule has 2 aromatic rings. The summed E-state index contributed by atoms with van der Waals surface area (Å²) in [5.74, 6) is 0.859. The zero-order valence-electron chi connectivity index (χ0n) is 11.2. The standard InChI is InChI=1S/C12H15N5O2S/c1-3-13-10-5-4-9(17(18)19)12(16-10)15-7-11-14-6-8(2)20-11/h4-6H,3,7H2,1-2H3,(H2,13,15,16). The van der Waals surface area contributed by atoms with Gasteiger partial charge in [-0.1, -0.05) is 0 Å². The average molecular weight is 293 g/mol. The molecule has 2 rings (SSSR count). The Bertz CT molecular complexity index is 614. The van der Waals surface area contributed by atoms with Gasteiger partial charge in [0, 0.05) is 23.7 Å². The molecule has 106 valence electrons. The van der Waals surface area contributed by atoms with Gasteiger partial charge in [0.1, 0.15) is 10.8 Å². The van der Waals surface area contributed by atoms with E-state index in [1.165, 1.54) is 6.07 Å². The molecule has 0 saturated carbocycles. The highest BCUT2D eigenvalue weighted by Crippen LogP contribution is 2.25. The van der Waals surface area contributed by atoms with Crippen molar-refractivity contribution in [2.24, 2.45) is 0 Å². The molecule has 2 N–H and O–H groups in total. The van der Waals surface area contributed by atoms with Crippen molar-refractivity contribution in [3.05, 3.63) is 38.3 Å². The van der Waals surface area contributed by atoms with E-state index in [1.807, 2.05) is 13.8 Å². The van der Waals surface area contributed by atoms with Crippen molar-refractivity contribution in [3.63, 3.8) is 0 Å². The maximum atomic E-state index is 11.0. The lowest BCUT2D eigenvalue weighted by atomic mass is 10.3. The molecule has 0 aromatic carbocycles. The number of aromatic nitrogens is 2. The molecule has 8 heteroatoms. The molecule has 0 amide bonds. The van der Waals surface area contributed by atoms with E-state index in [0.29, 0.717) is 18.9 Å². The van der Waals surface area contributed by atoms with Gasteiger partial charge < -0.3 is 10.6 Å². The molecule has 2 heterocycles. The van der Waals surface area contributed by atoms with Gasteiger partial charge in [-0.3, -0.25) is 10.1 Å². The van der Waals surface area contributed by atoms with Crippen LogP contribution in [0.25, 0.3) is 0 Å². The summed E-state index contributed by atoms with van der Waals surface area (Å²) in [7, 11) is 0. The highest BCUT2D eigenvalue weighted by atomic mass is 32.1. The minimum absolute atomic E-state index is 0.0417. The molecule has 0 aliphatic heterocycles. The highest BCUT2D eigenvalue weighted by Gasteiger charge is 2.16. The van der Waals surface area contributed by atoms with Crippen LogP contribution in [0.15, 0.2) is 18.3 Å². The van der Waals surface area contributed by atoms with E-state index in [1.54, 1.807) is 23.6 Å². The molecule has 0 radical (unpaired) electrons. The number of nitrogens with zero attached hydrogens (tertiary/aromatic N) is 3. The molecule has 20 heavy (non-hydrogen) atoms. The van der Waals surface area contributed by atoms with Crippen molar-refractivity contribution >= 4 is 28.7 Å². The van der Waals surface area contributed by atoms with Crippen LogP contribution in [0.4, 0.5) is 17.3 Å². The van der Waals surface area contributed by atoms with Crippen molar-refractivity contribution in [2.75, 3.05) is 17.2 Å². The fourth-order valence-corrected chi connectivity index (χ4v) is 2.38. The summed E-state index contributed by atoms with van der Waals surface area (Å²) < 4.78 is 0. The molecule has 0 aliphatic rings. The van der Waals surface area contributed by atoms with Gasteiger partial charge in [-0.05, 0) is 19.9 Å². The third-order valence-electron chi connectivity index (χ3n) is 2.50. The molecule has 0 saturated heterocycles. The highest BCUT2D eigenvalue weighted by molar-refractivity contribution is 7.11. The van der Waals surface area contributed by atoms with Gasteiger partial charge in [0.15, 0.2) is 0 Å². The number of thiazole rings is 1. The Hall–Kier alpha value is -2.22. The number of pyridine rings is 1. The molecule has 0 bridgehead atoms. The second kappa shape index (κ2) is 6.29. The lowest BCUT2D eigenvalue weighted by Crippen LogP contribution is -2.07. The lowest BCUT2D eigenvalue weighted by Gasteiger charge is -2.07. The van der Waals surface area contributed by atoms with Crippen molar-refractivity contribution in [3.8, 4) is 0 Å². The number of anilines is 2. The smallest absolute Gasteiger partial charge is 0.311 e. The molecule has 0 aliphatic carbocycles. The zero-order valence-corrected chi connectivity index (χ0v) is 12.0. The fraction of sp³-hybridized carbons (Fsp3) is 0.333. The molecule has 7 nitrogen and oxygen atoms in total. The predicted octanol–water partition coefficient (Wildman–Crippen LogP) is 2.80. The minimum Gasteiger partial charge on any atom is -0.370 e. The van der Waals surface area contributed by atoms with E-state index in [9.17, 15) is 10.1 Å². The zero-order chi connectivity index (χ0) is 14.5. The quantitative estimate of drug-likeness (QED) is 0.628. The first kappa shape index (κ1) is 14.2. The maximum Gasteiger partial charge on any atom is 0.311 e. The first-order chi connectivity index (χ1) is 9.60. The number of hydrogen-bond donors (Lipinski definition) is 2. The van der Waals surface area contributed by atoms with E-state index in [4.69, 9.17) is 0 Å². The van der Waals surface area contributed by atoms with Crippen LogP contribution < -0.4 is 10.6 Å². The van der Waals surface area contributed by atoms with E-state index in [-0.39, 0.29) is 11.5 Å². The second-order valence-corrected chi connectivity index (χ2v) is 5.39. The number of aryl methyl sites for hydroxylation is 1. The van der Waals surface area contributed by atoms with Crippen molar-refractivity contribution < 1.29 is 4.92 Å². The summed E-state index contributed by atoms with van der Waals surface area (Å²) in [6.45, 7) is 5.03. The first-order valence-corrected chi connectivity index (χ1v) is 6.96. The predicted molar refractivity (Wildman–Crippen MR) is 79.2 cm³/mol. The number of nitro groups is 1. The van der Waals surface area contributed by atoms with Crippen LogP contribution in [0.5, 0.6) is 0 Å². The van der Waals surface area contributed by atoms with Crippen LogP contribution in [0.2, 0.25) is 0 Å². The van der Waals surface area contributed by atoms with Crippen LogP contribution in [-0.2, 0) is 6.54 Å². The van der Waals surface area contributed by atoms with Crippen LogP contribution in [0.1, 0.15) is 16.8 Å². The molecule has 0 fully saturated rings. The third kappa shape index (κ3) is 3.41. The Labute approximate surface area is 120 Å². The molecular weight excluding hydrogens is 278 g/mol. The third-order valence-corrected chi connectivity index (χ3v) is 3.42. The van der Waals surface area contributed by atoms with Gasteiger partial charge in [0.2, 0.25) is 5.82 Å². The molecule has 0 spiro atoms. The van der Waals surface area contributed by atoms with Gasteiger partial charge in [-0.25, -0.2) is 9.97 Å². The van der Waals surface area contributed by atoms with Crippen molar-refractivity contribution in [1.82, 2.24) is 9.97 Å². The first-order valence-electron chi connectivity index (χ1n) is 6.14. The average Bonchev–Trinajstić information content (AvgIpc) is 2.82. The lowest BCUT2D eigenvalue weighted by molar-refractivity contribution is -0.384. The summed E-state index contributed by atoms with van der Waals surface area (Å²) in [6.07, 6.45) is 1.78. The fourth-order valence-electron chi connectivity index (χ4n) is 1.65. The van der Waals surface area contributed by atoms with Gasteiger partial charge >= 0.3 is 5.69 Å². The Morgan fingerprint density at radius 1 is 1.40 bits per heavy atom. The van der Waals surface area contributed by atoms with Gasteiger partial charge in [0.25, 0.3) is 0 Å². The Morgan fingerprint density at radius 3 is 2.80 bits per heavy atom. The van der Waals surface area contributed by atoms with Gasteiger partial charge in [-0.15, -0.1) is 11.3 Å². The number of rotatable bonds is 6. The molecule has 0 unspecified atom stereocenters. The summed E-state index contributed by atoms with van der Waals surface area (Å²) >= 11 is 1.55. The van der Waals surface area contributed by atoms with Gasteiger partial charge in [-0.2, -0.15) is 0 Å². The van der Waals surface area contributed by atoms with Crippen molar-refractivity contribution in [2.45, 2.75) is 20.4 Å². The normalized spacial score (nSPS) is 10.3. The van der Waals surface area contributed by atoms with E-state index >= 15 is 0 Å². The maximum absolute atomic E-state index is 11.0. The number of hydrogen-bond acceptors (Lipinski definition) is 7. The summed E-state index contributed by atoms with van der Waals surface area (Å²) in [5, 5.41) is 17.9. The van der Waals surface area contributed by atoms with E-state index < -0.39 is 4.92 Å². The Kier molecular flexibility index (Phi) is 4.46. The monoisotopic (exact) mass is 293 g/mol. The summed E-state index contributed by atoms with van der Waals surface area (Å²) in [6, 6.07) is 3.04. The van der Waals surface area contributed by atoms with Crippen molar-refractivity contribution in [1.29, 1.82) is 0 Å². The number of nitrogens with one attached hydrogen (secondary N) is 2. The molecule has 0 atom stereocenters. The minimum atomic E-state index is -0.446. The van der Waals surface area contributed by atoms with E-state index in [0.717, 1.165) is 9.88 Å². The summed E-state index contributed by atoms with van der Waals surface area (Å²) in [4.78, 5) is 20.1. The topological polar surface area (TPSA) is 93.0 Å². The van der Waals surface area contributed by atoms with Crippen LogP contribution >= 0.6 is 11.3 Å². The van der Waals surface area contributed by atoms with Crippen LogP contribution in [0, 0.1) is 17.0 Å². The van der Waals surface area contributed by atoms with Crippen LogP contribution in [0.3, 0.4) is 0 Å². The molecular formula is C12H15N5O2S. The SMILES string of the molecule is CCNc1ccc([N+](=O)[O-])c(NCc2ncc(C)s2)n1. The Balaban J connectivity index is 2.18.